The second-order valence-corrected chi connectivity index (χ2v) is 7.63. The molecule has 0 aliphatic carbocycles. The number of hydrogen-bond acceptors (Lipinski definition) is 13. The Bertz CT molecular complexity index is 1130. The van der Waals surface area contributed by atoms with Crippen LogP contribution in [-0.2, 0) is 9.68 Å². The van der Waals surface area contributed by atoms with Crippen LogP contribution in [0, 0.1) is 40.5 Å². The highest BCUT2D eigenvalue weighted by Crippen LogP contribution is 2.36. The lowest BCUT2D eigenvalue weighted by Gasteiger charge is -2.19. The molecule has 2 aromatic carbocycles. The Kier molecular flexibility index (Phi) is 10.2. The Balaban J connectivity index is 2.46. The minimum absolute atomic E-state index is 0.0387. The van der Waals surface area contributed by atoms with E-state index < -0.39 is 49.8 Å². The molecule has 0 spiro atoms. The Hall–Kier alpha value is -5.09. The molecule has 0 aliphatic heterocycles. The van der Waals surface area contributed by atoms with Crippen molar-refractivity contribution in [1.82, 2.24) is 0 Å². The van der Waals surface area contributed by atoms with Gasteiger partial charge in [-0.05, 0) is 25.0 Å². The van der Waals surface area contributed by atoms with Gasteiger partial charge in [0.05, 0.1) is 9.85 Å². The molecule has 0 amide bonds. The summed E-state index contributed by atoms with van der Waals surface area (Å²) in [6.45, 7) is 3.36. The lowest BCUT2D eigenvalue weighted by atomic mass is 10.0. The predicted octanol–water partition coefficient (Wildman–Crippen LogP) is 5.18. The molecule has 0 heterocycles. The zero-order valence-electron chi connectivity index (χ0n) is 20.0. The first-order chi connectivity index (χ1) is 18.0. The first-order valence-corrected chi connectivity index (χ1v) is 11.0. The van der Waals surface area contributed by atoms with Gasteiger partial charge in [-0.25, -0.2) is 4.79 Å². The molecule has 0 aromatic heterocycles. The van der Waals surface area contributed by atoms with Gasteiger partial charge in [-0.15, -0.1) is 20.2 Å². The van der Waals surface area contributed by atoms with Crippen molar-refractivity contribution in [2.24, 2.45) is 0 Å². The Morgan fingerprint density at radius 3 is 1.37 bits per heavy atom. The van der Waals surface area contributed by atoms with Gasteiger partial charge >= 0.3 is 6.16 Å². The summed E-state index contributed by atoms with van der Waals surface area (Å²) in [5.74, 6) is -0.702. The van der Waals surface area contributed by atoms with Gasteiger partial charge in [0.1, 0.15) is 23.7 Å². The fourth-order valence-corrected chi connectivity index (χ4v) is 3.45. The molecule has 0 radical (unpaired) electrons. The van der Waals surface area contributed by atoms with Gasteiger partial charge in [0.25, 0.3) is 21.5 Å². The standard InChI is InChI=1S/C21H22N4O13/c1-3-5-19(37-24(31)32)15-11-13(22(27)28)7-9-17(15)35-21(26)36-18-10-8-14(23(29)30)12-16(18)20(6-4-2)38-25(33)34/h7-12,19-20H,3-6H2,1-2H3. The van der Waals surface area contributed by atoms with E-state index in [2.05, 4.69) is 9.68 Å². The van der Waals surface area contributed by atoms with Gasteiger partial charge in [0.15, 0.2) is 0 Å². The molecule has 2 atom stereocenters. The van der Waals surface area contributed by atoms with E-state index in [0.717, 1.165) is 36.4 Å². The topological polar surface area (TPSA) is 227 Å². The van der Waals surface area contributed by atoms with Crippen molar-refractivity contribution >= 4 is 17.5 Å². The summed E-state index contributed by atoms with van der Waals surface area (Å²) in [5, 5.41) is 42.2. The van der Waals surface area contributed by atoms with Crippen molar-refractivity contribution in [3.63, 3.8) is 0 Å². The number of nitrogens with zero attached hydrogens (tertiary/aromatic N) is 4. The molecule has 17 nitrogen and oxygen atoms in total. The summed E-state index contributed by atoms with van der Waals surface area (Å²) in [6, 6.07) is 5.92. The van der Waals surface area contributed by atoms with Crippen molar-refractivity contribution in [1.29, 1.82) is 0 Å². The molecule has 2 unspecified atom stereocenters. The third-order valence-corrected chi connectivity index (χ3v) is 5.02. The summed E-state index contributed by atoms with van der Waals surface area (Å²) >= 11 is 0. The van der Waals surface area contributed by atoms with Crippen LogP contribution in [0.1, 0.15) is 62.9 Å². The molecular weight excluding hydrogens is 516 g/mol. The van der Waals surface area contributed by atoms with E-state index in [9.17, 15) is 45.3 Å². The van der Waals surface area contributed by atoms with Crippen molar-refractivity contribution in [3.8, 4) is 11.5 Å². The average Bonchev–Trinajstić information content (AvgIpc) is 2.83. The summed E-state index contributed by atoms with van der Waals surface area (Å²) in [7, 11) is 0. The van der Waals surface area contributed by atoms with Crippen LogP contribution in [0.2, 0.25) is 0 Å². The number of carbonyl (C=O) groups excluding carboxylic acids is 1. The predicted molar refractivity (Wildman–Crippen MR) is 124 cm³/mol. The summed E-state index contributed by atoms with van der Waals surface area (Å²) in [5.41, 5.74) is -1.27. The van der Waals surface area contributed by atoms with Crippen LogP contribution in [0.3, 0.4) is 0 Å². The van der Waals surface area contributed by atoms with Gasteiger partial charge in [-0.2, -0.15) is 0 Å². The minimum Gasteiger partial charge on any atom is -0.394 e. The Labute approximate surface area is 213 Å². The maximum atomic E-state index is 12.7. The van der Waals surface area contributed by atoms with Crippen molar-refractivity contribution in [3.05, 3.63) is 88.0 Å². The van der Waals surface area contributed by atoms with E-state index in [1.807, 2.05) is 0 Å². The maximum Gasteiger partial charge on any atom is 0.519 e. The van der Waals surface area contributed by atoms with E-state index in [1.54, 1.807) is 13.8 Å². The molecule has 2 aromatic rings. The Morgan fingerprint density at radius 1 is 0.711 bits per heavy atom. The van der Waals surface area contributed by atoms with Gasteiger partial charge in [-0.1, -0.05) is 26.7 Å². The highest BCUT2D eigenvalue weighted by atomic mass is 17.0. The Morgan fingerprint density at radius 2 is 1.08 bits per heavy atom. The van der Waals surface area contributed by atoms with E-state index in [-0.39, 0.29) is 35.5 Å². The molecule has 0 N–H and O–H groups in total. The zero-order chi connectivity index (χ0) is 28.4. The largest absolute Gasteiger partial charge is 0.519 e. The van der Waals surface area contributed by atoms with Crippen LogP contribution in [0.5, 0.6) is 11.5 Å². The lowest BCUT2D eigenvalue weighted by Crippen LogP contribution is -2.19. The number of rotatable bonds is 14. The molecule has 2 rings (SSSR count). The van der Waals surface area contributed by atoms with Gasteiger partial charge in [-0.3, -0.25) is 20.2 Å². The minimum atomic E-state index is -1.44. The van der Waals surface area contributed by atoms with Crippen LogP contribution in [0.25, 0.3) is 0 Å². The molecular formula is C21H22N4O13. The number of benzene rings is 2. The molecule has 0 saturated carbocycles. The van der Waals surface area contributed by atoms with E-state index in [1.165, 1.54) is 0 Å². The van der Waals surface area contributed by atoms with Crippen molar-refractivity contribution in [2.45, 2.75) is 51.7 Å². The summed E-state index contributed by atoms with van der Waals surface area (Å²) < 4.78 is 10.3. The van der Waals surface area contributed by atoms with Gasteiger partial charge < -0.3 is 19.1 Å². The fourth-order valence-electron chi connectivity index (χ4n) is 3.45. The highest BCUT2D eigenvalue weighted by Gasteiger charge is 2.27. The number of ether oxygens (including phenoxy) is 2. The molecule has 17 heteroatoms. The number of hydrogen-bond donors (Lipinski definition) is 0. The van der Waals surface area contributed by atoms with E-state index in [0.29, 0.717) is 12.8 Å². The third-order valence-electron chi connectivity index (χ3n) is 5.02. The number of non-ortho nitro benzene ring substituents is 2. The van der Waals surface area contributed by atoms with Gasteiger partial charge in [0.2, 0.25) is 0 Å². The molecule has 38 heavy (non-hydrogen) atoms. The first-order valence-electron chi connectivity index (χ1n) is 11.0. The number of nitro groups is 2. The fraction of sp³-hybridized carbons (Fsp3) is 0.381. The van der Waals surface area contributed by atoms with Crippen LogP contribution in [0.4, 0.5) is 16.2 Å². The first kappa shape index (κ1) is 29.1. The van der Waals surface area contributed by atoms with Crippen LogP contribution < -0.4 is 9.47 Å². The summed E-state index contributed by atoms with van der Waals surface area (Å²) in [4.78, 5) is 64.8. The van der Waals surface area contributed by atoms with Crippen molar-refractivity contribution < 1.29 is 44.0 Å². The zero-order valence-corrected chi connectivity index (χ0v) is 20.0. The number of carbonyl (C=O) groups is 1. The number of nitro benzene ring substituents is 2. The van der Waals surface area contributed by atoms with Crippen LogP contribution in [-0.4, -0.2) is 26.2 Å². The maximum absolute atomic E-state index is 12.7. The van der Waals surface area contributed by atoms with Crippen LogP contribution >= 0.6 is 0 Å². The smallest absolute Gasteiger partial charge is 0.394 e. The molecule has 204 valence electrons. The SMILES string of the molecule is CCCC(O[N+](=O)[O-])c1cc([N+](=O)[O-])ccc1OC(=O)Oc1ccc([N+](=O)[O-])cc1C(CCC)O[N+](=O)[O-]. The highest BCUT2D eigenvalue weighted by molar-refractivity contribution is 5.69. The molecule has 0 bridgehead atoms. The molecule has 0 fully saturated rings. The monoisotopic (exact) mass is 538 g/mol. The molecule has 0 saturated heterocycles. The second-order valence-electron chi connectivity index (χ2n) is 7.63. The average molecular weight is 538 g/mol. The second kappa shape index (κ2) is 13.3. The normalized spacial score (nSPS) is 12.1. The molecule has 0 aliphatic rings. The van der Waals surface area contributed by atoms with E-state index >= 15 is 0 Å². The summed E-state index contributed by atoms with van der Waals surface area (Å²) in [6.07, 6.45) is -3.28. The van der Waals surface area contributed by atoms with Crippen molar-refractivity contribution in [2.75, 3.05) is 0 Å². The van der Waals surface area contributed by atoms with Crippen LogP contribution in [0.15, 0.2) is 36.4 Å². The quantitative estimate of drug-likeness (QED) is 0.131. The lowest BCUT2D eigenvalue weighted by molar-refractivity contribution is -0.771. The third kappa shape index (κ3) is 7.97. The van der Waals surface area contributed by atoms with Gasteiger partial charge in [0, 0.05) is 35.4 Å². The van der Waals surface area contributed by atoms with E-state index in [4.69, 9.17) is 9.47 Å².